The van der Waals surface area contributed by atoms with Crippen LogP contribution in [0.4, 0.5) is 10.5 Å². The SMILES string of the molecule is COC(=O)C1(C(=O)OC)C(C(=O)OC(C)(C)C)C12C(=O)N(C(=O)OC(C)(C)C)c1cc(Br)ccc12. The number of nitrogens with zero attached hydrogens (tertiary/aromatic N) is 1. The predicted molar refractivity (Wildman–Crippen MR) is 125 cm³/mol. The third kappa shape index (κ3) is 3.80. The Kier molecular flexibility index (Phi) is 6.34. The van der Waals surface area contributed by atoms with Gasteiger partial charge in [-0.05, 0) is 59.2 Å². The quantitative estimate of drug-likeness (QED) is 0.314. The summed E-state index contributed by atoms with van der Waals surface area (Å²) in [6.45, 7) is 9.68. The molecular formula is C24H28BrNO9. The van der Waals surface area contributed by atoms with E-state index < -0.39 is 57.9 Å². The average molecular weight is 554 g/mol. The van der Waals surface area contributed by atoms with Gasteiger partial charge in [-0.25, -0.2) is 9.69 Å². The second-order valence-electron chi connectivity index (χ2n) is 10.3. The first-order valence-corrected chi connectivity index (χ1v) is 11.6. The maximum atomic E-state index is 14.1. The smallest absolute Gasteiger partial charge is 0.421 e. The average Bonchev–Trinajstić information content (AvgIpc) is 3.28. The Morgan fingerprint density at radius 1 is 0.914 bits per heavy atom. The first-order valence-electron chi connectivity index (χ1n) is 10.8. The molecule has 1 aliphatic carbocycles. The Morgan fingerprint density at radius 2 is 1.43 bits per heavy atom. The molecule has 2 unspecified atom stereocenters. The molecule has 1 spiro atoms. The molecule has 2 amide bonds. The summed E-state index contributed by atoms with van der Waals surface area (Å²) < 4.78 is 21.3. The molecule has 11 heteroatoms. The fourth-order valence-corrected chi connectivity index (χ4v) is 5.07. The minimum atomic E-state index is -2.41. The number of halogens is 1. The maximum absolute atomic E-state index is 14.1. The number of methoxy groups -OCH3 is 2. The van der Waals surface area contributed by atoms with Crippen LogP contribution in [-0.4, -0.2) is 55.3 Å². The molecule has 1 fully saturated rings. The van der Waals surface area contributed by atoms with E-state index in [0.29, 0.717) is 4.47 Å². The van der Waals surface area contributed by atoms with Crippen LogP contribution in [0.3, 0.4) is 0 Å². The van der Waals surface area contributed by atoms with E-state index in [0.717, 1.165) is 19.1 Å². The van der Waals surface area contributed by atoms with Crippen LogP contribution in [-0.2, 0) is 43.5 Å². The summed E-state index contributed by atoms with van der Waals surface area (Å²) in [4.78, 5) is 67.9. The van der Waals surface area contributed by atoms with Gasteiger partial charge in [0.25, 0.3) is 0 Å². The van der Waals surface area contributed by atoms with E-state index in [1.54, 1.807) is 47.6 Å². The number of amides is 2. The third-order valence-corrected chi connectivity index (χ3v) is 6.30. The molecule has 190 valence electrons. The first-order chi connectivity index (χ1) is 16.0. The Morgan fingerprint density at radius 3 is 1.89 bits per heavy atom. The lowest BCUT2D eigenvalue weighted by atomic mass is 9.86. The van der Waals surface area contributed by atoms with Crippen LogP contribution in [0.25, 0.3) is 0 Å². The summed E-state index contributed by atoms with van der Waals surface area (Å²) >= 11 is 3.31. The molecule has 0 radical (unpaired) electrons. The number of rotatable bonds is 3. The molecule has 1 aromatic carbocycles. The summed E-state index contributed by atoms with van der Waals surface area (Å²) in [5, 5.41) is 0. The maximum Gasteiger partial charge on any atom is 0.421 e. The minimum absolute atomic E-state index is 0.0573. The molecule has 2 atom stereocenters. The number of carbonyl (C=O) groups is 5. The van der Waals surface area contributed by atoms with Crippen molar-refractivity contribution in [1.82, 2.24) is 0 Å². The van der Waals surface area contributed by atoms with Crippen molar-refractivity contribution in [2.45, 2.75) is 58.2 Å². The molecular weight excluding hydrogens is 526 g/mol. The lowest BCUT2D eigenvalue weighted by Gasteiger charge is -2.24. The summed E-state index contributed by atoms with van der Waals surface area (Å²) in [6.07, 6.45) is -1.03. The normalized spacial score (nSPS) is 22.4. The van der Waals surface area contributed by atoms with Crippen LogP contribution in [0.1, 0.15) is 47.1 Å². The van der Waals surface area contributed by atoms with Crippen LogP contribution in [0.5, 0.6) is 0 Å². The van der Waals surface area contributed by atoms with E-state index in [-0.39, 0.29) is 11.3 Å². The molecule has 0 saturated heterocycles. The van der Waals surface area contributed by atoms with Crippen molar-refractivity contribution in [3.05, 3.63) is 28.2 Å². The van der Waals surface area contributed by atoms with E-state index in [1.165, 1.54) is 12.1 Å². The van der Waals surface area contributed by atoms with Gasteiger partial charge in [-0.2, -0.15) is 0 Å². The molecule has 1 heterocycles. The van der Waals surface area contributed by atoms with Crippen LogP contribution in [0, 0.1) is 11.3 Å². The second-order valence-corrected chi connectivity index (χ2v) is 11.3. The molecule has 0 bridgehead atoms. The Bertz CT molecular complexity index is 1110. The summed E-state index contributed by atoms with van der Waals surface area (Å²) in [6, 6.07) is 4.50. The highest BCUT2D eigenvalue weighted by Crippen LogP contribution is 2.75. The van der Waals surface area contributed by atoms with Crippen LogP contribution >= 0.6 is 15.9 Å². The Labute approximate surface area is 211 Å². The van der Waals surface area contributed by atoms with Gasteiger partial charge in [0.15, 0.2) is 5.41 Å². The van der Waals surface area contributed by atoms with Gasteiger partial charge in [-0.3, -0.25) is 19.2 Å². The van der Waals surface area contributed by atoms with Crippen molar-refractivity contribution in [3.8, 4) is 0 Å². The molecule has 1 aliphatic heterocycles. The Hall–Kier alpha value is -2.95. The van der Waals surface area contributed by atoms with Gasteiger partial charge in [0, 0.05) is 4.47 Å². The van der Waals surface area contributed by atoms with Crippen LogP contribution in [0.2, 0.25) is 0 Å². The molecule has 0 N–H and O–H groups in total. The van der Waals surface area contributed by atoms with Crippen LogP contribution < -0.4 is 4.90 Å². The zero-order valence-electron chi connectivity index (χ0n) is 20.8. The third-order valence-electron chi connectivity index (χ3n) is 5.80. The molecule has 1 aromatic rings. The summed E-state index contributed by atoms with van der Waals surface area (Å²) in [5.41, 5.74) is -6.36. The number of hydrogen-bond donors (Lipinski definition) is 0. The monoisotopic (exact) mass is 553 g/mol. The zero-order chi connectivity index (χ0) is 26.7. The summed E-state index contributed by atoms with van der Waals surface area (Å²) in [5.74, 6) is -5.94. The second kappa shape index (κ2) is 8.32. The highest BCUT2D eigenvalue weighted by molar-refractivity contribution is 9.10. The van der Waals surface area contributed by atoms with Crippen molar-refractivity contribution in [1.29, 1.82) is 0 Å². The van der Waals surface area contributed by atoms with Gasteiger partial charge in [0.05, 0.1) is 19.9 Å². The van der Waals surface area contributed by atoms with Crippen molar-refractivity contribution < 1.29 is 42.9 Å². The molecule has 10 nitrogen and oxygen atoms in total. The van der Waals surface area contributed by atoms with Gasteiger partial charge >= 0.3 is 24.0 Å². The van der Waals surface area contributed by atoms with Gasteiger partial charge in [-0.15, -0.1) is 0 Å². The van der Waals surface area contributed by atoms with E-state index >= 15 is 0 Å². The standard InChI is InChI=1S/C24H28BrNO9/c1-21(2,3)34-16(27)15-23(24(15,18(29)32-7)19(30)33-8)13-10-9-12(25)11-14(13)26(17(23)28)20(31)35-22(4,5)6/h9-11,15H,1-8H3. The van der Waals surface area contributed by atoms with Gasteiger partial charge in [-0.1, -0.05) is 22.0 Å². The number of imide groups is 1. The van der Waals surface area contributed by atoms with E-state index in [9.17, 15) is 24.0 Å². The molecule has 0 aromatic heterocycles. The van der Waals surface area contributed by atoms with Gasteiger partial charge in [0.1, 0.15) is 22.5 Å². The lowest BCUT2D eigenvalue weighted by molar-refractivity contribution is -0.169. The van der Waals surface area contributed by atoms with Crippen LogP contribution in [0.15, 0.2) is 22.7 Å². The molecule has 1 saturated carbocycles. The van der Waals surface area contributed by atoms with E-state index in [2.05, 4.69) is 15.9 Å². The van der Waals surface area contributed by atoms with Gasteiger partial charge in [0.2, 0.25) is 5.91 Å². The first kappa shape index (κ1) is 26.7. The number of benzene rings is 1. The number of anilines is 1. The number of carbonyl (C=O) groups excluding carboxylic acids is 5. The van der Waals surface area contributed by atoms with Gasteiger partial charge < -0.3 is 18.9 Å². The number of esters is 3. The fourth-order valence-electron chi connectivity index (χ4n) is 4.73. The van der Waals surface area contributed by atoms with Crippen molar-refractivity contribution in [2.75, 3.05) is 19.1 Å². The topological polar surface area (TPSA) is 126 Å². The number of hydrogen-bond acceptors (Lipinski definition) is 9. The minimum Gasteiger partial charge on any atom is -0.468 e. The largest absolute Gasteiger partial charge is 0.468 e. The van der Waals surface area contributed by atoms with Crippen molar-refractivity contribution in [2.24, 2.45) is 11.3 Å². The van der Waals surface area contributed by atoms with E-state index in [4.69, 9.17) is 18.9 Å². The number of fused-ring (bicyclic) bond motifs is 2. The molecule has 3 rings (SSSR count). The zero-order valence-corrected chi connectivity index (χ0v) is 22.4. The van der Waals surface area contributed by atoms with Crippen molar-refractivity contribution in [3.63, 3.8) is 0 Å². The Balaban J connectivity index is 2.35. The molecule has 35 heavy (non-hydrogen) atoms. The highest BCUT2D eigenvalue weighted by atomic mass is 79.9. The lowest BCUT2D eigenvalue weighted by Crippen LogP contribution is -2.45. The van der Waals surface area contributed by atoms with E-state index in [1.807, 2.05) is 0 Å². The highest BCUT2D eigenvalue weighted by Gasteiger charge is 2.96. The van der Waals surface area contributed by atoms with Crippen molar-refractivity contribution >= 4 is 51.5 Å². The fraction of sp³-hybridized carbons (Fsp3) is 0.542. The predicted octanol–water partition coefficient (Wildman–Crippen LogP) is 3.27. The number of ether oxygens (including phenoxy) is 4. The summed E-state index contributed by atoms with van der Waals surface area (Å²) in [7, 11) is 2.05. The molecule has 2 aliphatic rings.